The van der Waals surface area contributed by atoms with E-state index in [1.54, 1.807) is 34.0 Å². The molecule has 0 aromatic rings. The molecular formula is C49H80O13. The third kappa shape index (κ3) is 9.16. The van der Waals surface area contributed by atoms with E-state index in [1.807, 2.05) is 20.8 Å². The molecule has 7 rings (SSSR count). The van der Waals surface area contributed by atoms with Gasteiger partial charge in [-0.25, -0.2) is 4.79 Å². The molecule has 3 heterocycles. The summed E-state index contributed by atoms with van der Waals surface area (Å²) in [5.41, 5.74) is 0.163. The van der Waals surface area contributed by atoms with Crippen LogP contribution in [0.2, 0.25) is 0 Å². The van der Waals surface area contributed by atoms with E-state index >= 15 is 0 Å². The zero-order chi connectivity index (χ0) is 45.6. The van der Waals surface area contributed by atoms with E-state index < -0.39 is 47.8 Å². The molecule has 15 unspecified atom stereocenters. The Balaban J connectivity index is 0.000000207. The highest BCUT2D eigenvalue weighted by molar-refractivity contribution is 5.88. The molecule has 0 aromatic carbocycles. The van der Waals surface area contributed by atoms with E-state index in [-0.39, 0.29) is 83.8 Å². The third-order valence-electron chi connectivity index (χ3n) is 16.9. The topological polar surface area (TPSA) is 169 Å². The van der Waals surface area contributed by atoms with E-state index in [9.17, 15) is 24.9 Å². The van der Waals surface area contributed by atoms with Crippen LogP contribution in [0.5, 0.6) is 0 Å². The number of aliphatic hydroxyl groups is 3. The van der Waals surface area contributed by atoms with Crippen molar-refractivity contribution in [1.29, 1.82) is 0 Å². The molecule has 0 aromatic heterocycles. The van der Waals surface area contributed by atoms with E-state index in [0.29, 0.717) is 37.2 Å². The molecule has 354 valence electrons. The standard InChI is InChI=1S/C27H40O5.C22H40O8/c1-7-16(2)24(29)32-23-15-22-21(27(30)13-11-20(17(3)28)26(23,27)5)9-8-18-14-19(31-6)10-12-25(18,22)4;1-10-8-12(3)26-14(5)19(10)29-16-9-11(2)20(15(6)27-16)30-22-18(24)21(25-7)17(23)13(4)28-22/h7-8,19-23,30H,9-15H2,1-6H3;10-24H,8-9H2,1-7H3/b16-7+;/t19-,20+,21?,22?,23+,25-,26-,27-;/m0./s1. The first kappa shape index (κ1) is 49.6. The summed E-state index contributed by atoms with van der Waals surface area (Å²) in [5, 5.41) is 33.1. The second kappa shape index (κ2) is 19.6. The lowest BCUT2D eigenvalue weighted by molar-refractivity contribution is -0.339. The molecular weight excluding hydrogens is 797 g/mol. The number of fused-ring (bicyclic) bond motifs is 5. The minimum Gasteiger partial charge on any atom is -0.458 e. The molecule has 0 bridgehead atoms. The molecule has 3 saturated heterocycles. The number of methoxy groups -OCH3 is 2. The number of allylic oxidation sites excluding steroid dienone is 2. The quantitative estimate of drug-likeness (QED) is 0.129. The van der Waals surface area contributed by atoms with E-state index in [0.717, 1.165) is 32.1 Å². The first-order valence-corrected chi connectivity index (χ1v) is 23.6. The Morgan fingerprint density at radius 2 is 1.45 bits per heavy atom. The first-order valence-electron chi connectivity index (χ1n) is 23.6. The summed E-state index contributed by atoms with van der Waals surface area (Å²) in [4.78, 5) is 25.6. The number of aliphatic hydroxyl groups excluding tert-OH is 2. The van der Waals surface area contributed by atoms with Crippen LogP contribution in [-0.4, -0.2) is 127 Å². The Labute approximate surface area is 370 Å². The average molecular weight is 877 g/mol. The maximum atomic E-state index is 12.9. The van der Waals surface area contributed by atoms with Crippen molar-refractivity contribution in [2.24, 2.45) is 40.4 Å². The summed E-state index contributed by atoms with van der Waals surface area (Å²) in [5.74, 6) is 0.274. The van der Waals surface area contributed by atoms with Gasteiger partial charge in [0.25, 0.3) is 0 Å². The van der Waals surface area contributed by atoms with Gasteiger partial charge < -0.3 is 53.2 Å². The minimum atomic E-state index is -1.09. The van der Waals surface area contributed by atoms with Gasteiger partial charge in [-0.15, -0.1) is 0 Å². The highest BCUT2D eigenvalue weighted by Gasteiger charge is 2.71. The summed E-state index contributed by atoms with van der Waals surface area (Å²) in [7, 11) is 3.24. The van der Waals surface area contributed by atoms with Gasteiger partial charge in [-0.2, -0.15) is 0 Å². The molecule has 6 fully saturated rings. The van der Waals surface area contributed by atoms with Crippen LogP contribution in [-0.2, 0) is 47.5 Å². The Morgan fingerprint density at radius 1 is 0.790 bits per heavy atom. The van der Waals surface area contributed by atoms with Crippen LogP contribution in [0.3, 0.4) is 0 Å². The molecule has 7 aliphatic rings. The lowest BCUT2D eigenvalue weighted by atomic mass is 9.45. The van der Waals surface area contributed by atoms with Crippen molar-refractivity contribution in [3.8, 4) is 0 Å². The fourth-order valence-electron chi connectivity index (χ4n) is 13.1. The Hall–Kier alpha value is -1.78. The second-order valence-corrected chi connectivity index (χ2v) is 20.6. The van der Waals surface area contributed by atoms with Gasteiger partial charge in [-0.05, 0) is 129 Å². The molecule has 3 saturated carbocycles. The number of hydrogen-bond donors (Lipinski definition) is 3. The lowest BCUT2D eigenvalue weighted by Gasteiger charge is -2.63. The number of carbonyl (C=O) groups is 2. The van der Waals surface area contributed by atoms with E-state index in [1.165, 1.54) is 12.7 Å². The Bertz CT molecular complexity index is 1610. The third-order valence-corrected chi connectivity index (χ3v) is 16.9. The Morgan fingerprint density at radius 3 is 2.06 bits per heavy atom. The molecule has 4 aliphatic carbocycles. The van der Waals surface area contributed by atoms with Gasteiger partial charge in [0.2, 0.25) is 0 Å². The van der Waals surface area contributed by atoms with Crippen LogP contribution in [0.15, 0.2) is 23.3 Å². The smallest absolute Gasteiger partial charge is 0.333 e. The highest BCUT2D eigenvalue weighted by atomic mass is 16.7. The molecule has 21 atom stereocenters. The van der Waals surface area contributed by atoms with E-state index in [4.69, 9.17) is 37.9 Å². The highest BCUT2D eigenvalue weighted by Crippen LogP contribution is 2.68. The number of Topliss-reactive ketones (excluding diaryl/α,β-unsaturated/α-hetero) is 1. The number of ketones is 1. The molecule has 13 heteroatoms. The van der Waals surface area contributed by atoms with Gasteiger partial charge in [-0.1, -0.05) is 45.4 Å². The summed E-state index contributed by atoms with van der Waals surface area (Å²) in [6, 6.07) is 0. The van der Waals surface area contributed by atoms with Crippen LogP contribution in [0.1, 0.15) is 134 Å². The normalized spacial score (nSPS) is 49.3. The van der Waals surface area contributed by atoms with Gasteiger partial charge in [0.1, 0.15) is 30.2 Å². The van der Waals surface area contributed by atoms with Crippen molar-refractivity contribution in [1.82, 2.24) is 0 Å². The number of ether oxygens (including phenoxy) is 8. The van der Waals surface area contributed by atoms with Crippen LogP contribution in [0.25, 0.3) is 0 Å². The van der Waals surface area contributed by atoms with Gasteiger partial charge in [0.15, 0.2) is 12.6 Å². The zero-order valence-corrected chi connectivity index (χ0v) is 39.8. The fraction of sp³-hybridized carbons (Fsp3) is 0.878. The molecule has 3 N–H and O–H groups in total. The number of rotatable bonds is 9. The molecule has 0 spiro atoms. The molecule has 62 heavy (non-hydrogen) atoms. The minimum absolute atomic E-state index is 0.00336. The zero-order valence-electron chi connectivity index (χ0n) is 39.8. The van der Waals surface area contributed by atoms with Crippen molar-refractivity contribution in [2.45, 2.75) is 219 Å². The average Bonchev–Trinajstić information content (AvgIpc) is 3.51. The predicted octanol–water partition coefficient (Wildman–Crippen LogP) is 6.62. The lowest BCUT2D eigenvalue weighted by Crippen LogP contribution is -2.66. The van der Waals surface area contributed by atoms with Gasteiger partial charge in [-0.3, -0.25) is 4.79 Å². The summed E-state index contributed by atoms with van der Waals surface area (Å²) >= 11 is 0. The number of carbonyl (C=O) groups excluding carboxylic acids is 2. The molecule has 3 aliphatic heterocycles. The van der Waals surface area contributed by atoms with Crippen molar-refractivity contribution in [3.63, 3.8) is 0 Å². The fourth-order valence-corrected chi connectivity index (χ4v) is 13.1. The van der Waals surface area contributed by atoms with Crippen molar-refractivity contribution >= 4 is 11.8 Å². The second-order valence-electron chi connectivity index (χ2n) is 20.6. The summed E-state index contributed by atoms with van der Waals surface area (Å²) in [6.45, 7) is 21.7. The van der Waals surface area contributed by atoms with Crippen molar-refractivity contribution in [3.05, 3.63) is 23.3 Å². The number of esters is 1. The van der Waals surface area contributed by atoms with Gasteiger partial charge in [0, 0.05) is 37.5 Å². The maximum absolute atomic E-state index is 12.9. The maximum Gasteiger partial charge on any atom is 0.333 e. The molecule has 0 radical (unpaired) electrons. The summed E-state index contributed by atoms with van der Waals surface area (Å²) in [6.07, 6.45) is 6.49. The van der Waals surface area contributed by atoms with Crippen LogP contribution in [0, 0.1) is 40.4 Å². The Kier molecular flexibility index (Phi) is 15.7. The van der Waals surface area contributed by atoms with E-state index in [2.05, 4.69) is 40.7 Å². The van der Waals surface area contributed by atoms with Crippen LogP contribution in [0.4, 0.5) is 0 Å². The van der Waals surface area contributed by atoms with Gasteiger partial charge in [0.05, 0.1) is 48.3 Å². The van der Waals surface area contributed by atoms with Crippen molar-refractivity contribution in [2.75, 3.05) is 14.2 Å². The number of hydrogen-bond acceptors (Lipinski definition) is 13. The first-order chi connectivity index (χ1) is 29.1. The molecule has 13 nitrogen and oxygen atoms in total. The largest absolute Gasteiger partial charge is 0.458 e. The monoisotopic (exact) mass is 877 g/mol. The van der Waals surface area contributed by atoms with Crippen LogP contribution < -0.4 is 0 Å². The van der Waals surface area contributed by atoms with Gasteiger partial charge >= 0.3 is 5.97 Å². The SMILES string of the molecule is C/C=C(\C)C(=O)O[C@@H]1CC2C(CC=C3C[C@@H](OC)CC[C@@]32C)[C@@]2(O)CC[C@H](C(C)=O)[C@@]12C.COC1C(O)C(C)OC(OC2C(C)CC(OC3C(C)CC(C)OC3C)OC2C)C1O. The molecule has 0 amide bonds. The summed E-state index contributed by atoms with van der Waals surface area (Å²) < 4.78 is 47.4. The predicted molar refractivity (Wildman–Crippen MR) is 232 cm³/mol. The van der Waals surface area contributed by atoms with Crippen LogP contribution >= 0.6 is 0 Å². The van der Waals surface area contributed by atoms with Crippen molar-refractivity contribution < 1.29 is 62.8 Å².